The van der Waals surface area contributed by atoms with Gasteiger partial charge in [-0.15, -0.1) is 0 Å². The molecule has 0 amide bonds. The average Bonchev–Trinajstić information content (AvgIpc) is 2.34. The number of nitro benzene ring substituents is 1. The lowest BCUT2D eigenvalue weighted by molar-refractivity contribution is -0.385. The molecule has 1 aromatic carbocycles. The first kappa shape index (κ1) is 14.6. The standard InChI is InChI=1S/C12H14BrN3O2/c1-2-11(5-6-14)15-8-9-7-10(13)3-4-12(9)16(17)18/h3-4,7,11,15H,2,5,8H2,1H3. The van der Waals surface area contributed by atoms with Gasteiger partial charge in [0.15, 0.2) is 0 Å². The van der Waals surface area contributed by atoms with Crippen molar-refractivity contribution in [3.8, 4) is 6.07 Å². The third-order valence-corrected chi connectivity index (χ3v) is 3.14. The lowest BCUT2D eigenvalue weighted by Gasteiger charge is -2.13. The Morgan fingerprint density at radius 3 is 2.89 bits per heavy atom. The van der Waals surface area contributed by atoms with Crippen molar-refractivity contribution in [2.45, 2.75) is 32.4 Å². The minimum atomic E-state index is -0.394. The van der Waals surface area contributed by atoms with E-state index in [0.717, 1.165) is 10.9 Å². The molecule has 1 N–H and O–H groups in total. The molecular weight excluding hydrogens is 298 g/mol. The molecule has 0 saturated carbocycles. The Kier molecular flexibility index (Phi) is 5.75. The average molecular weight is 312 g/mol. The number of nitrogens with zero attached hydrogens (tertiary/aromatic N) is 2. The van der Waals surface area contributed by atoms with Gasteiger partial charge in [0.25, 0.3) is 5.69 Å². The Balaban J connectivity index is 2.80. The van der Waals surface area contributed by atoms with Gasteiger partial charge in [0, 0.05) is 28.7 Å². The molecule has 0 aromatic heterocycles. The highest BCUT2D eigenvalue weighted by Crippen LogP contribution is 2.23. The van der Waals surface area contributed by atoms with Crippen LogP contribution in [0.2, 0.25) is 0 Å². The fourth-order valence-corrected chi connectivity index (χ4v) is 2.01. The lowest BCUT2D eigenvalue weighted by atomic mass is 10.1. The summed E-state index contributed by atoms with van der Waals surface area (Å²) < 4.78 is 0.804. The number of benzene rings is 1. The second-order valence-electron chi connectivity index (χ2n) is 3.88. The molecule has 0 aliphatic rings. The van der Waals surface area contributed by atoms with Crippen molar-refractivity contribution < 1.29 is 4.92 Å². The first-order valence-corrected chi connectivity index (χ1v) is 6.41. The molecule has 0 bridgehead atoms. The number of rotatable bonds is 6. The Hall–Kier alpha value is -1.45. The maximum Gasteiger partial charge on any atom is 0.273 e. The Bertz CT molecular complexity index is 471. The topological polar surface area (TPSA) is 79.0 Å². The maximum absolute atomic E-state index is 10.9. The van der Waals surface area contributed by atoms with Crippen molar-refractivity contribution in [1.82, 2.24) is 5.32 Å². The molecule has 1 rings (SSSR count). The number of nitro groups is 1. The fourth-order valence-electron chi connectivity index (χ4n) is 1.60. The minimum Gasteiger partial charge on any atom is -0.309 e. The van der Waals surface area contributed by atoms with E-state index in [9.17, 15) is 10.1 Å². The first-order chi connectivity index (χ1) is 8.58. The summed E-state index contributed by atoms with van der Waals surface area (Å²) in [7, 11) is 0. The summed E-state index contributed by atoms with van der Waals surface area (Å²) in [5.41, 5.74) is 0.711. The molecule has 0 aliphatic carbocycles. The number of nitrogens with one attached hydrogen (secondary N) is 1. The van der Waals surface area contributed by atoms with Gasteiger partial charge in [0.05, 0.1) is 17.4 Å². The van der Waals surface area contributed by atoms with Crippen molar-refractivity contribution in [2.75, 3.05) is 0 Å². The summed E-state index contributed by atoms with van der Waals surface area (Å²) in [5, 5.41) is 22.7. The van der Waals surface area contributed by atoms with E-state index in [-0.39, 0.29) is 11.7 Å². The van der Waals surface area contributed by atoms with Crippen LogP contribution < -0.4 is 5.32 Å². The summed E-state index contributed by atoms with van der Waals surface area (Å²) in [4.78, 5) is 10.5. The van der Waals surface area contributed by atoms with E-state index in [0.29, 0.717) is 18.5 Å². The van der Waals surface area contributed by atoms with Gasteiger partial charge in [-0.25, -0.2) is 0 Å². The highest BCUT2D eigenvalue weighted by Gasteiger charge is 2.14. The largest absolute Gasteiger partial charge is 0.309 e. The maximum atomic E-state index is 10.9. The second-order valence-corrected chi connectivity index (χ2v) is 4.79. The zero-order valence-corrected chi connectivity index (χ0v) is 11.6. The summed E-state index contributed by atoms with van der Waals surface area (Å²) in [5.74, 6) is 0. The molecular formula is C12H14BrN3O2. The molecule has 0 radical (unpaired) electrons. The molecule has 1 atom stereocenters. The Morgan fingerprint density at radius 1 is 1.61 bits per heavy atom. The van der Waals surface area contributed by atoms with Gasteiger partial charge < -0.3 is 5.32 Å². The van der Waals surface area contributed by atoms with Gasteiger partial charge in [0.1, 0.15) is 0 Å². The SMILES string of the molecule is CCC(CC#N)NCc1cc(Br)ccc1[N+](=O)[O-]. The van der Waals surface area contributed by atoms with Crippen LogP contribution in [-0.2, 0) is 6.54 Å². The van der Waals surface area contributed by atoms with E-state index in [4.69, 9.17) is 5.26 Å². The van der Waals surface area contributed by atoms with Crippen LogP contribution in [0.1, 0.15) is 25.3 Å². The van der Waals surface area contributed by atoms with Crippen molar-refractivity contribution in [2.24, 2.45) is 0 Å². The lowest BCUT2D eigenvalue weighted by Crippen LogP contribution is -2.27. The number of hydrogen-bond donors (Lipinski definition) is 1. The van der Waals surface area contributed by atoms with Crippen LogP contribution in [0.5, 0.6) is 0 Å². The number of hydrogen-bond acceptors (Lipinski definition) is 4. The van der Waals surface area contributed by atoms with Crippen LogP contribution in [0.15, 0.2) is 22.7 Å². The molecule has 96 valence electrons. The first-order valence-electron chi connectivity index (χ1n) is 5.61. The molecule has 6 heteroatoms. The van der Waals surface area contributed by atoms with Gasteiger partial charge in [-0.2, -0.15) is 5.26 Å². The number of nitriles is 1. The van der Waals surface area contributed by atoms with Crippen LogP contribution in [0.25, 0.3) is 0 Å². The molecule has 0 saturated heterocycles. The van der Waals surface area contributed by atoms with Crippen molar-refractivity contribution in [3.63, 3.8) is 0 Å². The van der Waals surface area contributed by atoms with Crippen molar-refractivity contribution >= 4 is 21.6 Å². The van der Waals surface area contributed by atoms with E-state index in [1.54, 1.807) is 12.1 Å². The molecule has 1 aromatic rings. The highest BCUT2D eigenvalue weighted by molar-refractivity contribution is 9.10. The van der Waals surface area contributed by atoms with E-state index in [2.05, 4.69) is 27.3 Å². The minimum absolute atomic E-state index is 0.0635. The predicted octanol–water partition coefficient (Wildman–Crippen LogP) is 3.14. The molecule has 18 heavy (non-hydrogen) atoms. The van der Waals surface area contributed by atoms with E-state index < -0.39 is 4.92 Å². The predicted molar refractivity (Wildman–Crippen MR) is 71.9 cm³/mol. The smallest absolute Gasteiger partial charge is 0.273 e. The summed E-state index contributed by atoms with van der Waals surface area (Å²) in [6.45, 7) is 2.36. The zero-order valence-electron chi connectivity index (χ0n) is 10.0. The third kappa shape index (κ3) is 4.09. The van der Waals surface area contributed by atoms with E-state index in [1.807, 2.05) is 6.92 Å². The summed E-state index contributed by atoms with van der Waals surface area (Å²) in [6, 6.07) is 7.01. The van der Waals surface area contributed by atoms with Gasteiger partial charge >= 0.3 is 0 Å². The molecule has 0 aliphatic heterocycles. The second kappa shape index (κ2) is 7.09. The van der Waals surface area contributed by atoms with Crippen LogP contribution in [-0.4, -0.2) is 11.0 Å². The molecule has 1 unspecified atom stereocenters. The van der Waals surface area contributed by atoms with Crippen molar-refractivity contribution in [1.29, 1.82) is 5.26 Å². The molecule has 0 heterocycles. The van der Waals surface area contributed by atoms with Gasteiger partial charge in [-0.05, 0) is 18.6 Å². The number of halogens is 1. The molecule has 5 nitrogen and oxygen atoms in total. The van der Waals surface area contributed by atoms with Crippen LogP contribution in [0.3, 0.4) is 0 Å². The normalized spacial score (nSPS) is 11.8. The fraction of sp³-hybridized carbons (Fsp3) is 0.417. The van der Waals surface area contributed by atoms with Crippen molar-refractivity contribution in [3.05, 3.63) is 38.3 Å². The Morgan fingerprint density at radius 2 is 2.33 bits per heavy atom. The monoisotopic (exact) mass is 311 g/mol. The van der Waals surface area contributed by atoms with Gasteiger partial charge in [-0.3, -0.25) is 10.1 Å². The van der Waals surface area contributed by atoms with Gasteiger partial charge in [-0.1, -0.05) is 22.9 Å². The quantitative estimate of drug-likeness (QED) is 0.646. The van der Waals surface area contributed by atoms with E-state index in [1.165, 1.54) is 6.07 Å². The zero-order chi connectivity index (χ0) is 13.5. The third-order valence-electron chi connectivity index (χ3n) is 2.65. The summed E-state index contributed by atoms with van der Waals surface area (Å²) >= 11 is 3.30. The molecule has 0 spiro atoms. The van der Waals surface area contributed by atoms with Crippen LogP contribution >= 0.6 is 15.9 Å². The Labute approximate surface area is 114 Å². The van der Waals surface area contributed by atoms with Gasteiger partial charge in [0.2, 0.25) is 0 Å². The molecule has 0 fully saturated rings. The highest BCUT2D eigenvalue weighted by atomic mass is 79.9. The van der Waals surface area contributed by atoms with Crippen LogP contribution in [0, 0.1) is 21.4 Å². The van der Waals surface area contributed by atoms with E-state index >= 15 is 0 Å². The summed E-state index contributed by atoms with van der Waals surface area (Å²) in [6.07, 6.45) is 1.22. The van der Waals surface area contributed by atoms with Crippen LogP contribution in [0.4, 0.5) is 5.69 Å².